The van der Waals surface area contributed by atoms with Crippen molar-refractivity contribution in [1.29, 1.82) is 0 Å². The van der Waals surface area contributed by atoms with Crippen molar-refractivity contribution >= 4 is 15.7 Å². The van der Waals surface area contributed by atoms with Gasteiger partial charge in [-0.05, 0) is 25.1 Å². The van der Waals surface area contributed by atoms with E-state index in [0.29, 0.717) is 5.56 Å². The van der Waals surface area contributed by atoms with Gasteiger partial charge in [0.1, 0.15) is 22.3 Å². The van der Waals surface area contributed by atoms with Crippen LogP contribution in [-0.4, -0.2) is 44.1 Å². The van der Waals surface area contributed by atoms with E-state index in [1.807, 2.05) is 0 Å². The second-order valence-corrected chi connectivity index (χ2v) is 6.81. The molecular formula is C14H16FNO4S. The fourth-order valence-electron chi connectivity index (χ4n) is 1.72. The monoisotopic (exact) mass is 313 g/mol. The minimum Gasteiger partial charge on any atom is -0.384 e. The Morgan fingerprint density at radius 3 is 2.71 bits per heavy atom. The molecule has 1 atom stereocenters. The van der Waals surface area contributed by atoms with Gasteiger partial charge in [0, 0.05) is 17.9 Å². The molecule has 1 aromatic carbocycles. The minimum atomic E-state index is -3.24. The van der Waals surface area contributed by atoms with Crippen LogP contribution in [0.1, 0.15) is 22.8 Å². The first-order chi connectivity index (χ1) is 9.73. The number of aliphatic hydroxyl groups excluding tert-OH is 1. The van der Waals surface area contributed by atoms with Gasteiger partial charge in [0.05, 0.1) is 11.3 Å². The first-order valence-electron chi connectivity index (χ1n) is 6.11. The summed E-state index contributed by atoms with van der Waals surface area (Å²) in [5, 5.41) is 11.0. The molecule has 0 aliphatic rings. The molecule has 0 fully saturated rings. The summed E-state index contributed by atoms with van der Waals surface area (Å²) in [7, 11) is -3.24. The molecule has 0 radical (unpaired) electrons. The standard InChI is InChI=1S/C14H16FNO4S/c1-10(9-21(2,19)20)16-14(18)12-8-11(4-3-7-17)5-6-13(12)15/h5-6,8,10,17H,7,9H2,1-2H3,(H,16,18). The van der Waals surface area contributed by atoms with Crippen LogP contribution in [0.2, 0.25) is 0 Å². The minimum absolute atomic E-state index is 0.222. The van der Waals surface area contributed by atoms with Crippen LogP contribution in [0.3, 0.4) is 0 Å². The third kappa shape index (κ3) is 5.94. The molecule has 2 N–H and O–H groups in total. The zero-order chi connectivity index (χ0) is 16.0. The van der Waals surface area contributed by atoms with Crippen LogP contribution in [-0.2, 0) is 9.84 Å². The Morgan fingerprint density at radius 1 is 1.48 bits per heavy atom. The molecule has 0 aliphatic carbocycles. The molecule has 7 heteroatoms. The maximum Gasteiger partial charge on any atom is 0.254 e. The van der Waals surface area contributed by atoms with Gasteiger partial charge in [-0.2, -0.15) is 0 Å². The lowest BCUT2D eigenvalue weighted by molar-refractivity contribution is 0.0939. The quantitative estimate of drug-likeness (QED) is 0.785. The summed E-state index contributed by atoms with van der Waals surface area (Å²) < 4.78 is 35.9. The molecular weight excluding hydrogens is 297 g/mol. The lowest BCUT2D eigenvalue weighted by atomic mass is 10.1. The van der Waals surface area contributed by atoms with E-state index in [0.717, 1.165) is 12.3 Å². The average molecular weight is 313 g/mol. The molecule has 21 heavy (non-hydrogen) atoms. The van der Waals surface area contributed by atoms with Crippen molar-refractivity contribution in [3.05, 3.63) is 35.1 Å². The molecule has 0 aliphatic heterocycles. The lowest BCUT2D eigenvalue weighted by Gasteiger charge is -2.13. The van der Waals surface area contributed by atoms with Crippen LogP contribution in [0.5, 0.6) is 0 Å². The van der Waals surface area contributed by atoms with Gasteiger partial charge >= 0.3 is 0 Å². The van der Waals surface area contributed by atoms with Gasteiger partial charge in [-0.15, -0.1) is 0 Å². The fourth-order valence-corrected chi connectivity index (χ4v) is 2.71. The highest BCUT2D eigenvalue weighted by Crippen LogP contribution is 2.10. The van der Waals surface area contributed by atoms with E-state index in [1.54, 1.807) is 0 Å². The first kappa shape index (κ1) is 17.1. The van der Waals surface area contributed by atoms with Gasteiger partial charge in [-0.1, -0.05) is 11.8 Å². The van der Waals surface area contributed by atoms with Gasteiger partial charge < -0.3 is 10.4 Å². The third-order valence-corrected chi connectivity index (χ3v) is 3.56. The van der Waals surface area contributed by atoms with Crippen molar-refractivity contribution in [1.82, 2.24) is 5.32 Å². The van der Waals surface area contributed by atoms with E-state index >= 15 is 0 Å². The molecule has 1 aromatic rings. The number of carbonyl (C=O) groups is 1. The van der Waals surface area contributed by atoms with Crippen molar-refractivity contribution < 1.29 is 22.7 Å². The van der Waals surface area contributed by atoms with Gasteiger partial charge in [0.25, 0.3) is 5.91 Å². The number of amides is 1. The predicted molar refractivity (Wildman–Crippen MR) is 77.0 cm³/mol. The highest BCUT2D eigenvalue weighted by molar-refractivity contribution is 7.90. The fraction of sp³-hybridized carbons (Fsp3) is 0.357. The SMILES string of the molecule is CC(CS(C)(=O)=O)NC(=O)c1cc(C#CCO)ccc1F. The number of hydrogen-bond acceptors (Lipinski definition) is 4. The van der Waals surface area contributed by atoms with Crippen LogP contribution in [0.4, 0.5) is 4.39 Å². The maximum absolute atomic E-state index is 13.7. The summed E-state index contributed by atoms with van der Waals surface area (Å²) >= 11 is 0. The Morgan fingerprint density at radius 2 is 2.14 bits per heavy atom. The summed E-state index contributed by atoms with van der Waals surface area (Å²) in [5.74, 6) is 3.29. The average Bonchev–Trinajstić information content (AvgIpc) is 2.35. The number of halogens is 1. The van der Waals surface area contributed by atoms with E-state index in [2.05, 4.69) is 17.2 Å². The van der Waals surface area contributed by atoms with Gasteiger partial charge in [0.2, 0.25) is 0 Å². The van der Waals surface area contributed by atoms with Crippen LogP contribution in [0.15, 0.2) is 18.2 Å². The Labute approximate surface area is 123 Å². The van der Waals surface area contributed by atoms with Gasteiger partial charge in [-0.25, -0.2) is 12.8 Å². The Kier molecular flexibility index (Phi) is 5.88. The highest BCUT2D eigenvalue weighted by Gasteiger charge is 2.17. The van der Waals surface area contributed by atoms with Crippen molar-refractivity contribution in [2.24, 2.45) is 0 Å². The molecule has 5 nitrogen and oxygen atoms in total. The first-order valence-corrected chi connectivity index (χ1v) is 8.17. The normalized spacial score (nSPS) is 12.2. The summed E-state index contributed by atoms with van der Waals surface area (Å²) in [6.45, 7) is 1.18. The Bertz CT molecular complexity index is 689. The predicted octanol–water partition coefficient (Wildman–Crippen LogP) is 0.332. The van der Waals surface area contributed by atoms with E-state index in [1.165, 1.54) is 19.1 Å². The molecule has 0 aromatic heterocycles. The second kappa shape index (κ2) is 7.20. The summed E-state index contributed by atoms with van der Waals surface area (Å²) in [4.78, 5) is 11.9. The van der Waals surface area contributed by atoms with Crippen LogP contribution < -0.4 is 5.32 Å². The number of nitrogens with one attached hydrogen (secondary N) is 1. The van der Waals surface area contributed by atoms with Gasteiger partial charge in [-0.3, -0.25) is 4.79 Å². The number of benzene rings is 1. The molecule has 0 bridgehead atoms. The number of aliphatic hydroxyl groups is 1. The van der Waals surface area contributed by atoms with Crippen molar-refractivity contribution in [2.45, 2.75) is 13.0 Å². The molecule has 1 rings (SSSR count). The summed E-state index contributed by atoms with van der Waals surface area (Å²) in [6.07, 6.45) is 1.06. The highest BCUT2D eigenvalue weighted by atomic mass is 32.2. The van der Waals surface area contributed by atoms with E-state index in [9.17, 15) is 17.6 Å². The van der Waals surface area contributed by atoms with Crippen molar-refractivity contribution in [3.63, 3.8) is 0 Å². The molecule has 0 saturated heterocycles. The second-order valence-electron chi connectivity index (χ2n) is 4.62. The van der Waals surface area contributed by atoms with E-state index in [4.69, 9.17) is 5.11 Å². The molecule has 114 valence electrons. The number of sulfone groups is 1. The van der Waals surface area contributed by atoms with E-state index < -0.39 is 27.6 Å². The summed E-state index contributed by atoms with van der Waals surface area (Å²) in [6, 6.07) is 3.09. The molecule has 0 spiro atoms. The topological polar surface area (TPSA) is 83.5 Å². The van der Waals surface area contributed by atoms with Gasteiger partial charge in [0.15, 0.2) is 0 Å². The largest absolute Gasteiger partial charge is 0.384 e. The number of rotatable bonds is 4. The van der Waals surface area contributed by atoms with Crippen LogP contribution in [0, 0.1) is 17.7 Å². The lowest BCUT2D eigenvalue weighted by Crippen LogP contribution is -2.37. The molecule has 0 saturated carbocycles. The Hall–Kier alpha value is -1.91. The van der Waals surface area contributed by atoms with Crippen LogP contribution >= 0.6 is 0 Å². The number of hydrogen-bond donors (Lipinski definition) is 2. The third-order valence-electron chi connectivity index (χ3n) is 2.45. The molecule has 0 heterocycles. The van der Waals surface area contributed by atoms with Crippen LogP contribution in [0.25, 0.3) is 0 Å². The van der Waals surface area contributed by atoms with E-state index in [-0.39, 0.29) is 17.9 Å². The molecule has 1 unspecified atom stereocenters. The maximum atomic E-state index is 13.7. The smallest absolute Gasteiger partial charge is 0.254 e. The summed E-state index contributed by atoms with van der Waals surface area (Å²) in [5.41, 5.74) is 0.159. The van der Waals surface area contributed by atoms with Crippen molar-refractivity contribution in [2.75, 3.05) is 18.6 Å². The zero-order valence-corrected chi connectivity index (χ0v) is 12.5. The zero-order valence-electron chi connectivity index (χ0n) is 11.7. The van der Waals surface area contributed by atoms with Crippen molar-refractivity contribution in [3.8, 4) is 11.8 Å². The molecule has 1 amide bonds. The number of carbonyl (C=O) groups excluding carboxylic acids is 1. The Balaban J connectivity index is 2.91.